The minimum absolute atomic E-state index is 0.0110. The molecule has 0 aromatic rings. The molecular formula is C8H14N2. The van der Waals surface area contributed by atoms with Crippen LogP contribution in [0.3, 0.4) is 0 Å². The van der Waals surface area contributed by atoms with Gasteiger partial charge in [0, 0.05) is 0 Å². The number of rotatable bonds is 4. The van der Waals surface area contributed by atoms with Gasteiger partial charge in [-0.15, -0.1) is 6.58 Å². The third kappa shape index (κ3) is 4.04. The summed E-state index contributed by atoms with van der Waals surface area (Å²) in [6.07, 6.45) is 5.35. The van der Waals surface area contributed by atoms with Gasteiger partial charge in [0.25, 0.3) is 6.21 Å². The average Bonchev–Trinajstić information content (AvgIpc) is 1.84. The van der Waals surface area contributed by atoms with E-state index in [-0.39, 0.29) is 5.41 Å². The molecule has 0 radical (unpaired) electrons. The van der Waals surface area contributed by atoms with Crippen molar-refractivity contribution in [3.8, 4) is 0 Å². The van der Waals surface area contributed by atoms with Gasteiger partial charge in [0.05, 0.1) is 5.41 Å². The number of allylic oxidation sites excluding steroid dienone is 1. The van der Waals surface area contributed by atoms with Crippen molar-refractivity contribution in [1.29, 1.82) is 0 Å². The summed E-state index contributed by atoms with van der Waals surface area (Å²) < 4.78 is 0. The summed E-state index contributed by atoms with van der Waals surface area (Å²) in [5.74, 6) is 0. The zero-order valence-electron chi connectivity index (χ0n) is 6.67. The largest absolute Gasteiger partial charge is 0.362 e. The van der Waals surface area contributed by atoms with Gasteiger partial charge in [-0.25, -0.2) is 0 Å². The van der Waals surface area contributed by atoms with Crippen LogP contribution in [0.2, 0.25) is 0 Å². The Morgan fingerprint density at radius 2 is 2.20 bits per heavy atom. The molecular weight excluding hydrogens is 124 g/mol. The summed E-state index contributed by atoms with van der Waals surface area (Å²) in [7, 11) is 0. The lowest BCUT2D eigenvalue weighted by atomic mass is 9.89. The summed E-state index contributed by atoms with van der Waals surface area (Å²) in [6, 6.07) is 0. The molecule has 0 heterocycles. The molecule has 0 saturated carbocycles. The standard InChI is InChI=1S/C8H14N2/c1-4-5-6-8(2,3)7-10-9/h4,7H,1,5-6H2,2-3H3. The Bertz CT molecular complexity index is 153. The van der Waals surface area contributed by atoms with Crippen LogP contribution in [0.4, 0.5) is 0 Å². The maximum atomic E-state index is 8.24. The van der Waals surface area contributed by atoms with Crippen molar-refractivity contribution < 1.29 is 4.79 Å². The first-order valence-electron chi connectivity index (χ1n) is 3.42. The zero-order chi connectivity index (χ0) is 8.04. The fraction of sp³-hybridized carbons (Fsp3) is 0.625. The van der Waals surface area contributed by atoms with Gasteiger partial charge in [-0.3, -0.25) is 0 Å². The lowest BCUT2D eigenvalue weighted by Crippen LogP contribution is -2.12. The van der Waals surface area contributed by atoms with E-state index in [1.165, 1.54) is 0 Å². The van der Waals surface area contributed by atoms with Crippen LogP contribution < -0.4 is 0 Å². The highest BCUT2D eigenvalue weighted by Gasteiger charge is 2.18. The molecule has 0 saturated heterocycles. The van der Waals surface area contributed by atoms with E-state index in [0.717, 1.165) is 12.8 Å². The fourth-order valence-electron chi connectivity index (χ4n) is 0.695. The third-order valence-corrected chi connectivity index (χ3v) is 1.40. The monoisotopic (exact) mass is 138 g/mol. The van der Waals surface area contributed by atoms with Crippen molar-refractivity contribution in [2.75, 3.05) is 0 Å². The topological polar surface area (TPSA) is 36.4 Å². The predicted molar refractivity (Wildman–Crippen MR) is 42.9 cm³/mol. The SMILES string of the molecule is C=CCCC(C)(C)C=[N+]=[N-]. The van der Waals surface area contributed by atoms with Gasteiger partial charge in [-0.2, -0.15) is 4.79 Å². The minimum atomic E-state index is -0.0110. The number of nitrogens with zero attached hydrogens (tertiary/aromatic N) is 2. The van der Waals surface area contributed by atoms with Gasteiger partial charge < -0.3 is 5.53 Å². The first-order chi connectivity index (χ1) is 4.62. The van der Waals surface area contributed by atoms with E-state index in [1.54, 1.807) is 6.21 Å². The highest BCUT2D eigenvalue weighted by Crippen LogP contribution is 2.18. The molecule has 0 aliphatic carbocycles. The molecule has 0 aromatic carbocycles. The van der Waals surface area contributed by atoms with Crippen LogP contribution in [0.1, 0.15) is 26.7 Å². The van der Waals surface area contributed by atoms with Crippen LogP contribution in [0.25, 0.3) is 5.53 Å². The molecule has 2 nitrogen and oxygen atoms in total. The van der Waals surface area contributed by atoms with E-state index in [4.69, 9.17) is 5.53 Å². The zero-order valence-corrected chi connectivity index (χ0v) is 6.67. The van der Waals surface area contributed by atoms with Crippen molar-refractivity contribution in [2.24, 2.45) is 5.41 Å². The fourth-order valence-corrected chi connectivity index (χ4v) is 0.695. The van der Waals surface area contributed by atoms with E-state index in [1.807, 2.05) is 19.9 Å². The molecule has 0 bridgehead atoms. The molecule has 0 atom stereocenters. The van der Waals surface area contributed by atoms with Crippen LogP contribution in [0.15, 0.2) is 12.7 Å². The van der Waals surface area contributed by atoms with E-state index in [9.17, 15) is 0 Å². The maximum Gasteiger partial charge on any atom is 0.262 e. The highest BCUT2D eigenvalue weighted by atomic mass is 14.8. The van der Waals surface area contributed by atoms with E-state index in [0.29, 0.717) is 0 Å². The summed E-state index contributed by atoms with van der Waals surface area (Å²) >= 11 is 0. The van der Waals surface area contributed by atoms with Crippen LogP contribution in [0, 0.1) is 5.41 Å². The molecule has 0 fully saturated rings. The number of hydrogen-bond donors (Lipinski definition) is 0. The Hall–Kier alpha value is -0.880. The highest BCUT2D eigenvalue weighted by molar-refractivity contribution is 5.58. The summed E-state index contributed by atoms with van der Waals surface area (Å²) in [5, 5.41) is 0. The molecule has 0 aliphatic heterocycles. The lowest BCUT2D eigenvalue weighted by Gasteiger charge is -2.11. The van der Waals surface area contributed by atoms with E-state index in [2.05, 4.69) is 11.4 Å². The van der Waals surface area contributed by atoms with Gasteiger partial charge >= 0.3 is 0 Å². The second-order valence-electron chi connectivity index (χ2n) is 3.06. The average molecular weight is 138 g/mol. The van der Waals surface area contributed by atoms with Crippen LogP contribution >= 0.6 is 0 Å². The molecule has 0 spiro atoms. The van der Waals surface area contributed by atoms with E-state index < -0.39 is 0 Å². The number of hydrogen-bond acceptors (Lipinski definition) is 0. The molecule has 0 unspecified atom stereocenters. The maximum absolute atomic E-state index is 8.24. The van der Waals surface area contributed by atoms with Crippen molar-refractivity contribution in [1.82, 2.24) is 0 Å². The van der Waals surface area contributed by atoms with Gasteiger partial charge in [-0.1, -0.05) is 6.08 Å². The van der Waals surface area contributed by atoms with Gasteiger partial charge in [0.2, 0.25) is 0 Å². The Kier molecular flexibility index (Phi) is 3.67. The predicted octanol–water partition coefficient (Wildman–Crippen LogP) is 2.28. The first kappa shape index (κ1) is 9.12. The van der Waals surface area contributed by atoms with Gasteiger partial charge in [-0.05, 0) is 26.7 Å². The second-order valence-corrected chi connectivity index (χ2v) is 3.06. The molecule has 0 N–H and O–H groups in total. The van der Waals surface area contributed by atoms with Crippen LogP contribution in [-0.2, 0) is 0 Å². The Balaban J connectivity index is 3.85. The molecule has 0 aliphatic rings. The van der Waals surface area contributed by atoms with Crippen LogP contribution in [0.5, 0.6) is 0 Å². The Morgan fingerprint density at radius 3 is 2.60 bits per heavy atom. The third-order valence-electron chi connectivity index (χ3n) is 1.40. The molecule has 10 heavy (non-hydrogen) atoms. The molecule has 2 heteroatoms. The van der Waals surface area contributed by atoms with Crippen molar-refractivity contribution in [2.45, 2.75) is 26.7 Å². The first-order valence-corrected chi connectivity index (χ1v) is 3.42. The Labute approximate surface area is 62.2 Å². The van der Waals surface area contributed by atoms with Gasteiger partial charge in [0.15, 0.2) is 0 Å². The van der Waals surface area contributed by atoms with Crippen molar-refractivity contribution >= 4 is 6.21 Å². The summed E-state index contributed by atoms with van der Waals surface area (Å²) in [5.41, 5.74) is 8.23. The molecule has 0 rings (SSSR count). The smallest absolute Gasteiger partial charge is 0.262 e. The second kappa shape index (κ2) is 4.02. The summed E-state index contributed by atoms with van der Waals surface area (Å²) in [4.78, 5) is 3.00. The van der Waals surface area contributed by atoms with Gasteiger partial charge in [0.1, 0.15) is 0 Å². The van der Waals surface area contributed by atoms with Crippen molar-refractivity contribution in [3.05, 3.63) is 18.2 Å². The van der Waals surface area contributed by atoms with Crippen LogP contribution in [-0.4, -0.2) is 11.0 Å². The molecule has 56 valence electrons. The normalized spacial score (nSPS) is 10.2. The lowest BCUT2D eigenvalue weighted by molar-refractivity contribution is -0.00836. The van der Waals surface area contributed by atoms with Crippen molar-refractivity contribution in [3.63, 3.8) is 0 Å². The Morgan fingerprint density at radius 1 is 1.60 bits per heavy atom. The van der Waals surface area contributed by atoms with E-state index >= 15 is 0 Å². The summed E-state index contributed by atoms with van der Waals surface area (Å²) in [6.45, 7) is 7.66. The quantitative estimate of drug-likeness (QED) is 0.247. The molecule has 0 amide bonds. The minimum Gasteiger partial charge on any atom is -0.362 e. The molecule has 0 aromatic heterocycles.